The molecule has 2 amide bonds. The maximum atomic E-state index is 12.6. The maximum absolute atomic E-state index is 12.6. The number of hydrogen-bond acceptors (Lipinski definition) is 4. The van der Waals surface area contributed by atoms with Crippen molar-refractivity contribution in [3.63, 3.8) is 0 Å². The number of hydrogen-bond donors (Lipinski definition) is 0. The summed E-state index contributed by atoms with van der Waals surface area (Å²) in [5.74, 6) is 0.772. The Bertz CT molecular complexity index is 551. The topological polar surface area (TPSA) is 62.7 Å². The highest BCUT2D eigenvalue weighted by Gasteiger charge is 2.38. The number of aromatic nitrogens is 1. The van der Waals surface area contributed by atoms with Crippen LogP contribution >= 0.6 is 0 Å². The Morgan fingerprint density at radius 2 is 1.96 bits per heavy atom. The molecule has 0 N–H and O–H groups in total. The number of likely N-dealkylation sites (tertiary alicyclic amines) is 1. The van der Waals surface area contributed by atoms with Gasteiger partial charge in [-0.3, -0.25) is 14.6 Å². The number of ether oxygens (including phenoxy) is 1. The monoisotopic (exact) mass is 317 g/mol. The summed E-state index contributed by atoms with van der Waals surface area (Å²) in [5.41, 5.74) is 0. The molecule has 23 heavy (non-hydrogen) atoms. The summed E-state index contributed by atoms with van der Waals surface area (Å²) in [6, 6.07) is 4.17. The Morgan fingerprint density at radius 1 is 1.26 bits per heavy atom. The van der Waals surface area contributed by atoms with Gasteiger partial charge in [0.1, 0.15) is 5.75 Å². The standard InChI is InChI=1S/C17H23N3O3/c1-13(21)19-9-6-15(7-10-19)20(14-4-5-14)17(22)12-23-16-3-2-8-18-11-16/h2-3,8,11,14-15H,4-7,9-10,12H2,1H3. The zero-order valence-corrected chi connectivity index (χ0v) is 13.5. The fraction of sp³-hybridized carbons (Fsp3) is 0.588. The van der Waals surface area contributed by atoms with Crippen molar-refractivity contribution in [1.29, 1.82) is 0 Å². The molecule has 0 unspecified atom stereocenters. The number of carbonyl (C=O) groups excluding carboxylic acids is 2. The third-order valence-electron chi connectivity index (χ3n) is 4.53. The van der Waals surface area contributed by atoms with E-state index in [1.54, 1.807) is 31.5 Å². The second-order valence-electron chi connectivity index (χ2n) is 6.25. The van der Waals surface area contributed by atoms with Gasteiger partial charge in [0.15, 0.2) is 6.61 Å². The summed E-state index contributed by atoms with van der Waals surface area (Å²) in [4.78, 5) is 31.9. The van der Waals surface area contributed by atoms with Gasteiger partial charge in [-0.25, -0.2) is 0 Å². The second-order valence-corrected chi connectivity index (χ2v) is 6.25. The Hall–Kier alpha value is -2.11. The van der Waals surface area contributed by atoms with Gasteiger partial charge in [-0.1, -0.05) is 0 Å². The minimum Gasteiger partial charge on any atom is -0.482 e. The SMILES string of the molecule is CC(=O)N1CCC(N(C(=O)COc2cccnc2)C2CC2)CC1. The van der Waals surface area contributed by atoms with E-state index in [9.17, 15) is 9.59 Å². The highest BCUT2D eigenvalue weighted by atomic mass is 16.5. The Kier molecular flexibility index (Phi) is 4.79. The quantitative estimate of drug-likeness (QED) is 0.825. The van der Waals surface area contributed by atoms with Crippen molar-refractivity contribution < 1.29 is 14.3 Å². The molecule has 3 rings (SSSR count). The molecule has 0 spiro atoms. The van der Waals surface area contributed by atoms with E-state index in [0.717, 1.165) is 38.8 Å². The van der Waals surface area contributed by atoms with Gasteiger partial charge in [-0.15, -0.1) is 0 Å². The lowest BCUT2D eigenvalue weighted by molar-refractivity contribution is -0.138. The first-order valence-corrected chi connectivity index (χ1v) is 8.24. The predicted octanol–water partition coefficient (Wildman–Crippen LogP) is 1.46. The van der Waals surface area contributed by atoms with Crippen LogP contribution in [0.4, 0.5) is 0 Å². The lowest BCUT2D eigenvalue weighted by atomic mass is 10.0. The van der Waals surface area contributed by atoms with Gasteiger partial charge >= 0.3 is 0 Å². The first-order chi connectivity index (χ1) is 11.1. The minimum absolute atomic E-state index is 0.0395. The maximum Gasteiger partial charge on any atom is 0.261 e. The van der Waals surface area contributed by atoms with E-state index in [1.807, 2.05) is 9.80 Å². The molecule has 2 aliphatic rings. The number of pyridine rings is 1. The molecule has 1 saturated heterocycles. The van der Waals surface area contributed by atoms with Gasteiger partial charge in [-0.05, 0) is 37.8 Å². The van der Waals surface area contributed by atoms with Gasteiger partial charge < -0.3 is 14.5 Å². The minimum atomic E-state index is 0.0395. The summed E-state index contributed by atoms with van der Waals surface area (Å²) in [6.07, 6.45) is 7.15. The molecule has 2 heterocycles. The van der Waals surface area contributed by atoms with Gasteiger partial charge in [0.2, 0.25) is 5.91 Å². The molecule has 1 aromatic rings. The van der Waals surface area contributed by atoms with Crippen LogP contribution in [0.25, 0.3) is 0 Å². The Morgan fingerprint density at radius 3 is 2.52 bits per heavy atom. The number of rotatable bonds is 5. The summed E-state index contributed by atoms with van der Waals surface area (Å²) < 4.78 is 5.56. The van der Waals surface area contributed by atoms with Gasteiger partial charge in [-0.2, -0.15) is 0 Å². The number of carbonyl (C=O) groups is 2. The van der Waals surface area contributed by atoms with Crippen LogP contribution in [0.5, 0.6) is 5.75 Å². The molecule has 1 aliphatic heterocycles. The number of nitrogens with zero attached hydrogens (tertiary/aromatic N) is 3. The predicted molar refractivity (Wildman–Crippen MR) is 84.9 cm³/mol. The smallest absolute Gasteiger partial charge is 0.261 e. The van der Waals surface area contributed by atoms with E-state index in [1.165, 1.54) is 0 Å². The second kappa shape index (κ2) is 6.98. The molecular weight excluding hydrogens is 294 g/mol. The molecule has 1 aromatic heterocycles. The van der Waals surface area contributed by atoms with Crippen LogP contribution < -0.4 is 4.74 Å². The van der Waals surface area contributed by atoms with E-state index in [-0.39, 0.29) is 24.5 Å². The first-order valence-electron chi connectivity index (χ1n) is 8.24. The average Bonchev–Trinajstić information content (AvgIpc) is 3.39. The highest BCUT2D eigenvalue weighted by Crippen LogP contribution is 2.32. The summed E-state index contributed by atoms with van der Waals surface area (Å²) in [6.45, 7) is 3.13. The summed E-state index contributed by atoms with van der Waals surface area (Å²) >= 11 is 0. The molecule has 1 aliphatic carbocycles. The molecule has 2 fully saturated rings. The lowest BCUT2D eigenvalue weighted by Gasteiger charge is -2.38. The van der Waals surface area contributed by atoms with Crippen molar-refractivity contribution in [2.24, 2.45) is 0 Å². The van der Waals surface area contributed by atoms with Gasteiger partial charge in [0.25, 0.3) is 5.91 Å². The van der Waals surface area contributed by atoms with Crippen molar-refractivity contribution in [1.82, 2.24) is 14.8 Å². The molecule has 6 nitrogen and oxygen atoms in total. The average molecular weight is 317 g/mol. The van der Waals surface area contributed by atoms with Gasteiger partial charge in [0.05, 0.1) is 6.20 Å². The van der Waals surface area contributed by atoms with Crippen molar-refractivity contribution in [3.05, 3.63) is 24.5 Å². The van der Waals surface area contributed by atoms with Crippen LogP contribution in [0.15, 0.2) is 24.5 Å². The largest absolute Gasteiger partial charge is 0.482 e. The molecule has 124 valence electrons. The normalized spacial score (nSPS) is 18.6. The Labute approximate surface area is 136 Å². The fourth-order valence-corrected chi connectivity index (χ4v) is 3.17. The fourth-order valence-electron chi connectivity index (χ4n) is 3.17. The van der Waals surface area contributed by atoms with Crippen LogP contribution in [0.3, 0.4) is 0 Å². The van der Waals surface area contributed by atoms with Crippen molar-refractivity contribution in [2.45, 2.75) is 44.7 Å². The van der Waals surface area contributed by atoms with Crippen LogP contribution in [-0.2, 0) is 9.59 Å². The zero-order chi connectivity index (χ0) is 16.2. The molecule has 0 atom stereocenters. The molecule has 0 bridgehead atoms. The van der Waals surface area contributed by atoms with E-state index < -0.39 is 0 Å². The van der Waals surface area contributed by atoms with Crippen LogP contribution in [0.1, 0.15) is 32.6 Å². The van der Waals surface area contributed by atoms with E-state index in [0.29, 0.717) is 11.8 Å². The summed E-state index contributed by atoms with van der Waals surface area (Å²) in [5, 5.41) is 0. The molecule has 0 radical (unpaired) electrons. The van der Waals surface area contributed by atoms with Crippen LogP contribution in [0, 0.1) is 0 Å². The number of amides is 2. The third kappa shape index (κ3) is 4.00. The number of piperidine rings is 1. The third-order valence-corrected chi connectivity index (χ3v) is 4.53. The van der Waals surface area contributed by atoms with Crippen LogP contribution in [-0.4, -0.2) is 58.4 Å². The zero-order valence-electron chi connectivity index (χ0n) is 13.5. The summed E-state index contributed by atoms with van der Waals surface area (Å²) in [7, 11) is 0. The van der Waals surface area contributed by atoms with Crippen LogP contribution in [0.2, 0.25) is 0 Å². The van der Waals surface area contributed by atoms with E-state index >= 15 is 0 Å². The van der Waals surface area contributed by atoms with Crippen molar-refractivity contribution >= 4 is 11.8 Å². The first kappa shape index (κ1) is 15.8. The van der Waals surface area contributed by atoms with Gasteiger partial charge in [0, 0.05) is 38.3 Å². The lowest BCUT2D eigenvalue weighted by Crippen LogP contribution is -2.50. The van der Waals surface area contributed by atoms with Crippen molar-refractivity contribution in [3.8, 4) is 5.75 Å². The molecule has 1 saturated carbocycles. The molecule has 6 heteroatoms. The molecule has 0 aromatic carbocycles. The van der Waals surface area contributed by atoms with E-state index in [2.05, 4.69) is 4.98 Å². The van der Waals surface area contributed by atoms with Crippen molar-refractivity contribution in [2.75, 3.05) is 19.7 Å². The van der Waals surface area contributed by atoms with E-state index in [4.69, 9.17) is 4.74 Å². The Balaban J connectivity index is 1.56. The highest BCUT2D eigenvalue weighted by molar-refractivity contribution is 5.79. The molecular formula is C17H23N3O3.